The van der Waals surface area contributed by atoms with E-state index in [0.717, 1.165) is 4.31 Å². The summed E-state index contributed by atoms with van der Waals surface area (Å²) in [7, 11) is -0.576. The molecule has 0 aliphatic carbocycles. The van der Waals surface area contributed by atoms with Crippen molar-refractivity contribution in [3.8, 4) is 0 Å². The molecule has 1 heterocycles. The van der Waals surface area contributed by atoms with Crippen LogP contribution >= 0.6 is 0 Å². The van der Waals surface area contributed by atoms with Crippen LogP contribution in [0.2, 0.25) is 0 Å². The fraction of sp³-hybridized carbons (Fsp3) is 0.167. The maximum atomic E-state index is 11.9. The third-order valence-corrected chi connectivity index (χ3v) is 4.48. The summed E-state index contributed by atoms with van der Waals surface area (Å²) in [5, 5.41) is 8.92. The Morgan fingerprint density at radius 1 is 1.25 bits per heavy atom. The lowest BCUT2D eigenvalue weighted by Crippen LogP contribution is -2.22. The third kappa shape index (κ3) is 2.86. The lowest BCUT2D eigenvalue weighted by Gasteiger charge is -2.11. The van der Waals surface area contributed by atoms with E-state index < -0.39 is 10.0 Å². The van der Waals surface area contributed by atoms with E-state index >= 15 is 0 Å². The highest BCUT2D eigenvalue weighted by Crippen LogP contribution is 2.15. The van der Waals surface area contributed by atoms with Crippen LogP contribution in [0.1, 0.15) is 10.4 Å². The Labute approximate surface area is 116 Å². The highest BCUT2D eigenvalue weighted by atomic mass is 32.2. The number of amides is 1. The van der Waals surface area contributed by atoms with Gasteiger partial charge in [-0.15, -0.1) is 0 Å². The lowest BCUT2D eigenvalue weighted by atomic mass is 10.2. The minimum absolute atomic E-state index is 0.141. The van der Waals surface area contributed by atoms with E-state index in [1.807, 2.05) is 0 Å². The number of nitrogens with one attached hydrogen (secondary N) is 2. The highest BCUT2D eigenvalue weighted by molar-refractivity contribution is 7.89. The van der Waals surface area contributed by atoms with Gasteiger partial charge in [0.15, 0.2) is 0 Å². The van der Waals surface area contributed by atoms with Gasteiger partial charge in [-0.25, -0.2) is 12.7 Å². The first-order valence-electron chi connectivity index (χ1n) is 5.74. The van der Waals surface area contributed by atoms with Crippen LogP contribution in [0.15, 0.2) is 41.6 Å². The molecule has 2 aromatic rings. The van der Waals surface area contributed by atoms with Crippen molar-refractivity contribution in [1.82, 2.24) is 14.5 Å². The van der Waals surface area contributed by atoms with E-state index in [1.54, 1.807) is 6.20 Å². The van der Waals surface area contributed by atoms with Crippen LogP contribution in [0.4, 0.5) is 5.69 Å². The van der Waals surface area contributed by atoms with Crippen LogP contribution < -0.4 is 5.32 Å². The maximum Gasteiger partial charge on any atom is 0.255 e. The summed E-state index contributed by atoms with van der Waals surface area (Å²) in [5.41, 5.74) is 0.906. The van der Waals surface area contributed by atoms with Gasteiger partial charge in [0.1, 0.15) is 0 Å². The molecule has 0 spiro atoms. The SMILES string of the molecule is CN(C)S(=O)(=O)c1ccc(C(=O)Nc2cn[nH]c2)cc1. The number of nitrogens with zero attached hydrogens (tertiary/aromatic N) is 2. The first kappa shape index (κ1) is 14.2. The predicted molar refractivity (Wildman–Crippen MR) is 73.9 cm³/mol. The van der Waals surface area contributed by atoms with Crippen LogP contribution in [0, 0.1) is 0 Å². The second kappa shape index (κ2) is 5.43. The molecule has 8 heteroatoms. The Morgan fingerprint density at radius 2 is 1.90 bits per heavy atom. The third-order valence-electron chi connectivity index (χ3n) is 2.65. The molecule has 0 fully saturated rings. The summed E-state index contributed by atoms with van der Waals surface area (Å²) >= 11 is 0. The monoisotopic (exact) mass is 294 g/mol. The van der Waals surface area contributed by atoms with Crippen molar-refractivity contribution in [1.29, 1.82) is 0 Å². The van der Waals surface area contributed by atoms with E-state index in [2.05, 4.69) is 15.5 Å². The molecule has 1 amide bonds. The molecule has 0 atom stereocenters. The normalized spacial score (nSPS) is 11.6. The van der Waals surface area contributed by atoms with Crippen LogP contribution in [0.3, 0.4) is 0 Å². The first-order chi connectivity index (χ1) is 9.41. The fourth-order valence-corrected chi connectivity index (χ4v) is 2.41. The molecule has 2 N–H and O–H groups in total. The number of aromatic nitrogens is 2. The summed E-state index contributed by atoms with van der Waals surface area (Å²) < 4.78 is 24.9. The van der Waals surface area contributed by atoms with Crippen molar-refractivity contribution < 1.29 is 13.2 Å². The average Bonchev–Trinajstić information content (AvgIpc) is 2.91. The van der Waals surface area contributed by atoms with Crippen molar-refractivity contribution in [3.05, 3.63) is 42.2 Å². The minimum Gasteiger partial charge on any atom is -0.319 e. The number of hydrogen-bond donors (Lipinski definition) is 2. The maximum absolute atomic E-state index is 11.9. The van der Waals surface area contributed by atoms with E-state index in [1.165, 1.54) is 44.6 Å². The van der Waals surface area contributed by atoms with Gasteiger partial charge in [-0.1, -0.05) is 0 Å². The predicted octanol–water partition coefficient (Wildman–Crippen LogP) is 0.912. The van der Waals surface area contributed by atoms with Gasteiger partial charge in [-0.05, 0) is 24.3 Å². The van der Waals surface area contributed by atoms with Gasteiger partial charge < -0.3 is 5.32 Å². The van der Waals surface area contributed by atoms with E-state index in [4.69, 9.17) is 0 Å². The van der Waals surface area contributed by atoms with Crippen molar-refractivity contribution >= 4 is 21.6 Å². The molecule has 2 rings (SSSR count). The summed E-state index contributed by atoms with van der Waals surface area (Å²) in [6.07, 6.45) is 3.02. The number of rotatable bonds is 4. The van der Waals surface area contributed by atoms with Crippen LogP contribution in [0.25, 0.3) is 0 Å². The molecule has 1 aromatic heterocycles. The number of aromatic amines is 1. The summed E-state index contributed by atoms with van der Waals surface area (Å²) in [4.78, 5) is 12.0. The lowest BCUT2D eigenvalue weighted by molar-refractivity contribution is 0.102. The van der Waals surface area contributed by atoms with Crippen LogP contribution in [0.5, 0.6) is 0 Å². The molecule has 7 nitrogen and oxygen atoms in total. The Morgan fingerprint density at radius 3 is 2.40 bits per heavy atom. The molecule has 0 saturated heterocycles. The summed E-state index contributed by atoms with van der Waals surface area (Å²) in [5.74, 6) is -0.333. The molecule has 0 aliphatic heterocycles. The van der Waals surface area contributed by atoms with Crippen molar-refractivity contribution in [2.45, 2.75) is 4.90 Å². The number of carbonyl (C=O) groups excluding carboxylic acids is 1. The van der Waals surface area contributed by atoms with Gasteiger partial charge in [0.25, 0.3) is 5.91 Å². The minimum atomic E-state index is -3.48. The molecule has 0 aliphatic rings. The number of hydrogen-bond acceptors (Lipinski definition) is 4. The fourth-order valence-electron chi connectivity index (χ4n) is 1.51. The molecular weight excluding hydrogens is 280 g/mol. The molecule has 20 heavy (non-hydrogen) atoms. The molecular formula is C12H14N4O3S. The number of anilines is 1. The van der Waals surface area contributed by atoms with Gasteiger partial charge in [-0.3, -0.25) is 9.89 Å². The Bertz CT molecular complexity index is 691. The number of H-pyrrole nitrogens is 1. The number of sulfonamides is 1. The van der Waals surface area contributed by atoms with Crippen LogP contribution in [-0.4, -0.2) is 42.9 Å². The molecule has 0 bridgehead atoms. The van der Waals surface area contributed by atoms with Gasteiger partial charge in [-0.2, -0.15) is 5.10 Å². The Hall–Kier alpha value is -2.19. The van der Waals surface area contributed by atoms with Crippen LogP contribution in [-0.2, 0) is 10.0 Å². The topological polar surface area (TPSA) is 95.2 Å². The quantitative estimate of drug-likeness (QED) is 0.876. The summed E-state index contributed by atoms with van der Waals surface area (Å²) in [6, 6.07) is 5.73. The van der Waals surface area contributed by atoms with Crippen molar-refractivity contribution in [2.75, 3.05) is 19.4 Å². The zero-order valence-electron chi connectivity index (χ0n) is 11.0. The number of benzene rings is 1. The molecule has 106 valence electrons. The smallest absolute Gasteiger partial charge is 0.255 e. The van der Waals surface area contributed by atoms with Gasteiger partial charge in [0.2, 0.25) is 10.0 Å². The van der Waals surface area contributed by atoms with Gasteiger partial charge in [0, 0.05) is 25.9 Å². The molecule has 1 aromatic carbocycles. The standard InChI is InChI=1S/C12H14N4O3S/c1-16(2)20(18,19)11-5-3-9(4-6-11)12(17)15-10-7-13-14-8-10/h3-8H,1-2H3,(H,13,14)(H,15,17). The number of carbonyl (C=O) groups is 1. The van der Waals surface area contributed by atoms with E-state index in [0.29, 0.717) is 11.3 Å². The van der Waals surface area contributed by atoms with Crippen molar-refractivity contribution in [3.63, 3.8) is 0 Å². The molecule has 0 saturated carbocycles. The van der Waals surface area contributed by atoms with E-state index in [9.17, 15) is 13.2 Å². The second-order valence-electron chi connectivity index (χ2n) is 4.25. The van der Waals surface area contributed by atoms with Crippen molar-refractivity contribution in [2.24, 2.45) is 0 Å². The first-order valence-corrected chi connectivity index (χ1v) is 7.18. The van der Waals surface area contributed by atoms with Gasteiger partial charge in [0.05, 0.1) is 16.8 Å². The Kier molecular flexibility index (Phi) is 3.86. The Balaban J connectivity index is 2.18. The zero-order chi connectivity index (χ0) is 14.8. The second-order valence-corrected chi connectivity index (χ2v) is 6.40. The molecule has 0 unspecified atom stereocenters. The van der Waals surface area contributed by atoms with Gasteiger partial charge >= 0.3 is 0 Å². The molecule has 0 radical (unpaired) electrons. The zero-order valence-corrected chi connectivity index (χ0v) is 11.8. The largest absolute Gasteiger partial charge is 0.319 e. The van der Waals surface area contributed by atoms with E-state index in [-0.39, 0.29) is 10.8 Å². The average molecular weight is 294 g/mol. The summed E-state index contributed by atoms with van der Waals surface area (Å²) in [6.45, 7) is 0. The highest BCUT2D eigenvalue weighted by Gasteiger charge is 2.17.